The summed E-state index contributed by atoms with van der Waals surface area (Å²) < 4.78 is 21.9. The lowest BCUT2D eigenvalue weighted by Crippen LogP contribution is -2.24. The lowest BCUT2D eigenvalue weighted by Gasteiger charge is -2.14. The van der Waals surface area contributed by atoms with E-state index in [1.165, 1.54) is 17.9 Å². The molecule has 3 aromatic rings. The van der Waals surface area contributed by atoms with E-state index < -0.39 is 11.9 Å². The summed E-state index contributed by atoms with van der Waals surface area (Å²) in [5.41, 5.74) is 2.59. The molecule has 0 radical (unpaired) electrons. The highest BCUT2D eigenvalue weighted by atomic mass is 19.1. The maximum absolute atomic E-state index is 14.9. The van der Waals surface area contributed by atoms with Crippen LogP contribution >= 0.6 is 0 Å². The highest BCUT2D eigenvalue weighted by Crippen LogP contribution is 2.30. The number of nitrogens with zero attached hydrogens (tertiary/aromatic N) is 5. The lowest BCUT2D eigenvalue weighted by molar-refractivity contribution is -0.117. The topological polar surface area (TPSA) is 90.2 Å². The van der Waals surface area contributed by atoms with Gasteiger partial charge in [-0.1, -0.05) is 24.3 Å². The van der Waals surface area contributed by atoms with Gasteiger partial charge in [0.2, 0.25) is 0 Å². The standard InChI is InChI=1S/C22H22FN5O3/c1-14(29)3-9-19-13-27(22(30)31-19)18-8-10-20(21(23)11-18)17-6-4-16(5-7-17)12-28-15(2)24-25-26-28/h4-8,10-11,19H,3,9,12-13H2,1-2H3/t19-/m0/s1. The van der Waals surface area contributed by atoms with Crippen LogP contribution in [0.1, 0.15) is 31.2 Å². The fraction of sp³-hybridized carbons (Fsp3) is 0.318. The largest absolute Gasteiger partial charge is 0.444 e. The predicted octanol–water partition coefficient (Wildman–Crippen LogP) is 3.53. The number of benzene rings is 2. The second-order valence-electron chi connectivity index (χ2n) is 7.60. The predicted molar refractivity (Wildman–Crippen MR) is 111 cm³/mol. The molecule has 1 atom stereocenters. The van der Waals surface area contributed by atoms with Crippen molar-refractivity contribution in [1.82, 2.24) is 20.2 Å². The number of hydrogen-bond acceptors (Lipinski definition) is 6. The summed E-state index contributed by atoms with van der Waals surface area (Å²) in [5, 5.41) is 11.4. The summed E-state index contributed by atoms with van der Waals surface area (Å²) >= 11 is 0. The van der Waals surface area contributed by atoms with Crippen LogP contribution in [0.5, 0.6) is 0 Å². The summed E-state index contributed by atoms with van der Waals surface area (Å²) in [4.78, 5) is 24.7. The van der Waals surface area contributed by atoms with E-state index in [1.807, 2.05) is 31.2 Å². The number of cyclic esters (lactones) is 1. The van der Waals surface area contributed by atoms with Crippen LogP contribution in [0.3, 0.4) is 0 Å². The van der Waals surface area contributed by atoms with Crippen LogP contribution in [0.2, 0.25) is 0 Å². The molecule has 2 heterocycles. The van der Waals surface area contributed by atoms with Gasteiger partial charge in [0.25, 0.3) is 0 Å². The fourth-order valence-corrected chi connectivity index (χ4v) is 3.51. The van der Waals surface area contributed by atoms with E-state index in [1.54, 1.807) is 16.8 Å². The Morgan fingerprint density at radius 3 is 2.65 bits per heavy atom. The third kappa shape index (κ3) is 4.60. The van der Waals surface area contributed by atoms with Gasteiger partial charge in [-0.25, -0.2) is 13.9 Å². The van der Waals surface area contributed by atoms with Crippen molar-refractivity contribution in [3.8, 4) is 11.1 Å². The number of ether oxygens (including phenoxy) is 1. The second-order valence-corrected chi connectivity index (χ2v) is 7.60. The molecule has 0 bridgehead atoms. The van der Waals surface area contributed by atoms with Crippen molar-refractivity contribution in [2.24, 2.45) is 0 Å². The Labute approximate surface area is 178 Å². The molecule has 0 saturated carbocycles. The van der Waals surface area contributed by atoms with E-state index in [-0.39, 0.29) is 11.9 Å². The molecule has 0 aliphatic carbocycles. The lowest BCUT2D eigenvalue weighted by atomic mass is 10.0. The number of halogens is 1. The van der Waals surface area contributed by atoms with Crippen molar-refractivity contribution in [1.29, 1.82) is 0 Å². The Bertz CT molecular complexity index is 1110. The quantitative estimate of drug-likeness (QED) is 0.578. The van der Waals surface area contributed by atoms with Gasteiger partial charge in [0.15, 0.2) is 0 Å². The normalized spacial score (nSPS) is 15.9. The van der Waals surface area contributed by atoms with Crippen molar-refractivity contribution in [3.63, 3.8) is 0 Å². The van der Waals surface area contributed by atoms with Gasteiger partial charge in [-0.15, -0.1) is 5.10 Å². The summed E-state index contributed by atoms with van der Waals surface area (Å²) in [6, 6.07) is 12.2. The summed E-state index contributed by atoms with van der Waals surface area (Å²) in [6.45, 7) is 4.16. The van der Waals surface area contributed by atoms with Crippen molar-refractivity contribution >= 4 is 17.6 Å². The van der Waals surface area contributed by atoms with Crippen LogP contribution in [0, 0.1) is 12.7 Å². The minimum atomic E-state index is -0.525. The highest BCUT2D eigenvalue weighted by molar-refractivity contribution is 5.90. The molecule has 31 heavy (non-hydrogen) atoms. The SMILES string of the molecule is CC(=O)CC[C@H]1CN(c2ccc(-c3ccc(Cn4nnnc4C)cc3)c(F)c2)C(=O)O1. The number of rotatable bonds is 7. The van der Waals surface area contributed by atoms with Gasteiger partial charge in [-0.2, -0.15) is 0 Å². The van der Waals surface area contributed by atoms with E-state index in [0.29, 0.717) is 37.2 Å². The molecule has 4 rings (SSSR count). The van der Waals surface area contributed by atoms with E-state index in [0.717, 1.165) is 17.0 Å². The maximum atomic E-state index is 14.9. The molecule has 8 nitrogen and oxygen atoms in total. The molecule has 0 N–H and O–H groups in total. The summed E-state index contributed by atoms with van der Waals surface area (Å²) in [6.07, 6.45) is -0.0741. The molecule has 1 amide bonds. The summed E-state index contributed by atoms with van der Waals surface area (Å²) in [7, 11) is 0. The third-order valence-electron chi connectivity index (χ3n) is 5.27. The highest BCUT2D eigenvalue weighted by Gasteiger charge is 2.32. The minimum Gasteiger partial charge on any atom is -0.444 e. The molecule has 2 aromatic carbocycles. The molecule has 1 aromatic heterocycles. The molecule has 1 aliphatic rings. The van der Waals surface area contributed by atoms with Gasteiger partial charge in [-0.3, -0.25) is 4.90 Å². The van der Waals surface area contributed by atoms with E-state index in [9.17, 15) is 14.0 Å². The van der Waals surface area contributed by atoms with Gasteiger partial charge in [-0.05, 0) is 60.0 Å². The first-order valence-electron chi connectivity index (χ1n) is 10.00. The monoisotopic (exact) mass is 423 g/mol. The third-order valence-corrected chi connectivity index (χ3v) is 5.27. The molecule has 160 valence electrons. The van der Waals surface area contributed by atoms with Crippen LogP contribution in [0.25, 0.3) is 11.1 Å². The Balaban J connectivity index is 1.47. The van der Waals surface area contributed by atoms with Gasteiger partial charge < -0.3 is 9.53 Å². The van der Waals surface area contributed by atoms with Crippen molar-refractivity contribution in [2.45, 2.75) is 39.3 Å². The number of anilines is 1. The number of Topliss-reactive ketones (excluding diaryl/α,β-unsaturated/α-hetero) is 1. The molecular formula is C22H22FN5O3. The average molecular weight is 423 g/mol. The average Bonchev–Trinajstić information content (AvgIpc) is 3.32. The first-order chi connectivity index (χ1) is 14.9. The zero-order valence-corrected chi connectivity index (χ0v) is 17.3. The van der Waals surface area contributed by atoms with Crippen molar-refractivity contribution in [3.05, 3.63) is 59.7 Å². The van der Waals surface area contributed by atoms with Gasteiger partial charge in [0, 0.05) is 12.0 Å². The Hall–Kier alpha value is -3.62. The van der Waals surface area contributed by atoms with Crippen molar-refractivity contribution in [2.75, 3.05) is 11.4 Å². The Morgan fingerprint density at radius 1 is 1.23 bits per heavy atom. The Kier molecular flexibility index (Phi) is 5.75. The molecular weight excluding hydrogens is 401 g/mol. The molecule has 1 aliphatic heterocycles. The number of amides is 1. The van der Waals surface area contributed by atoms with E-state index in [2.05, 4.69) is 15.5 Å². The van der Waals surface area contributed by atoms with Crippen LogP contribution in [-0.4, -0.2) is 44.7 Å². The van der Waals surface area contributed by atoms with Crippen LogP contribution in [0.4, 0.5) is 14.9 Å². The fourth-order valence-electron chi connectivity index (χ4n) is 3.51. The number of ketones is 1. The van der Waals surface area contributed by atoms with Crippen LogP contribution in [0.15, 0.2) is 42.5 Å². The van der Waals surface area contributed by atoms with Crippen molar-refractivity contribution < 1.29 is 18.7 Å². The number of carbonyl (C=O) groups excluding carboxylic acids is 2. The maximum Gasteiger partial charge on any atom is 0.414 e. The van der Waals surface area contributed by atoms with Crippen LogP contribution in [-0.2, 0) is 16.1 Å². The molecule has 1 saturated heterocycles. The molecule has 0 unspecified atom stereocenters. The first kappa shape index (κ1) is 20.6. The van der Waals surface area contributed by atoms with Crippen LogP contribution < -0.4 is 4.90 Å². The number of carbonyl (C=O) groups is 2. The van der Waals surface area contributed by atoms with Gasteiger partial charge in [0.05, 0.1) is 18.8 Å². The Morgan fingerprint density at radius 2 is 2.00 bits per heavy atom. The molecule has 0 spiro atoms. The number of tetrazole rings is 1. The number of hydrogen-bond donors (Lipinski definition) is 0. The number of aryl methyl sites for hydroxylation is 1. The van der Waals surface area contributed by atoms with Gasteiger partial charge >= 0.3 is 6.09 Å². The first-order valence-corrected chi connectivity index (χ1v) is 10.00. The van der Waals surface area contributed by atoms with Gasteiger partial charge in [0.1, 0.15) is 23.5 Å². The molecule has 9 heteroatoms. The smallest absolute Gasteiger partial charge is 0.414 e. The number of aromatic nitrogens is 4. The zero-order chi connectivity index (χ0) is 22.0. The van der Waals surface area contributed by atoms with E-state index in [4.69, 9.17) is 4.74 Å². The zero-order valence-electron chi connectivity index (χ0n) is 17.3. The molecule has 1 fully saturated rings. The second kappa shape index (κ2) is 8.63. The van der Waals surface area contributed by atoms with E-state index >= 15 is 0 Å². The minimum absolute atomic E-state index is 0.0454. The summed E-state index contributed by atoms with van der Waals surface area (Å²) in [5.74, 6) is 0.334.